The molecule has 3 aromatic rings. The zero-order valence-electron chi connectivity index (χ0n) is 24.9. The van der Waals surface area contributed by atoms with E-state index < -0.39 is 0 Å². The van der Waals surface area contributed by atoms with Crippen LogP contribution in [0.4, 0.5) is 0 Å². The Morgan fingerprint density at radius 1 is 0.523 bits per heavy atom. The molecule has 0 unspecified atom stereocenters. The number of amides is 2. The van der Waals surface area contributed by atoms with Crippen LogP contribution in [0.2, 0.25) is 0 Å². The first-order valence-corrected chi connectivity index (χ1v) is 15.4. The van der Waals surface area contributed by atoms with Crippen molar-refractivity contribution in [3.63, 3.8) is 0 Å². The molecule has 0 atom stereocenters. The fourth-order valence-corrected chi connectivity index (χ4v) is 6.36. The maximum Gasteiger partial charge on any atom is 0.231 e. The molecule has 44 heavy (non-hydrogen) atoms. The Hall–Kier alpha value is -4.28. The minimum Gasteiger partial charge on any atom is -0.454 e. The highest BCUT2D eigenvalue weighted by Crippen LogP contribution is 2.34. The summed E-state index contributed by atoms with van der Waals surface area (Å²) in [5.74, 6) is 3.42. The van der Waals surface area contributed by atoms with Crippen LogP contribution in [-0.2, 0) is 35.5 Å². The molecular weight excluding hydrogens is 560 g/mol. The lowest BCUT2D eigenvalue weighted by atomic mass is 10.00. The highest BCUT2D eigenvalue weighted by Gasteiger charge is 2.25. The third-order valence-electron chi connectivity index (χ3n) is 8.94. The summed E-state index contributed by atoms with van der Waals surface area (Å²) in [7, 11) is 0. The lowest BCUT2D eigenvalue weighted by molar-refractivity contribution is -0.133. The molecule has 0 radical (unpaired) electrons. The molecule has 2 amide bonds. The van der Waals surface area contributed by atoms with Crippen LogP contribution in [0.3, 0.4) is 0 Å². The molecule has 7 rings (SSSR count). The van der Waals surface area contributed by atoms with Gasteiger partial charge in [-0.1, -0.05) is 36.4 Å². The van der Waals surface area contributed by atoms with Gasteiger partial charge in [-0.05, 0) is 46.5 Å². The first kappa shape index (κ1) is 28.5. The van der Waals surface area contributed by atoms with E-state index in [-0.39, 0.29) is 25.4 Å². The van der Waals surface area contributed by atoms with E-state index in [4.69, 9.17) is 18.9 Å². The summed E-state index contributed by atoms with van der Waals surface area (Å²) in [6, 6.07) is 20.0. The molecular formula is C34H38N4O6. The average Bonchev–Trinajstić information content (AvgIpc) is 3.72. The maximum atomic E-state index is 13.3. The number of fused-ring (bicyclic) bond motifs is 2. The van der Waals surface area contributed by atoms with Crippen LogP contribution >= 0.6 is 0 Å². The number of hydrogen-bond donors (Lipinski definition) is 0. The van der Waals surface area contributed by atoms with Gasteiger partial charge in [-0.2, -0.15) is 0 Å². The van der Waals surface area contributed by atoms with Crippen LogP contribution in [0.5, 0.6) is 23.0 Å². The van der Waals surface area contributed by atoms with Gasteiger partial charge < -0.3 is 28.7 Å². The predicted octanol–water partition coefficient (Wildman–Crippen LogP) is 2.92. The van der Waals surface area contributed by atoms with Gasteiger partial charge in [0, 0.05) is 65.4 Å². The van der Waals surface area contributed by atoms with Gasteiger partial charge in [-0.25, -0.2) is 0 Å². The van der Waals surface area contributed by atoms with Gasteiger partial charge in [-0.3, -0.25) is 19.4 Å². The molecule has 4 aliphatic rings. The van der Waals surface area contributed by atoms with Crippen LogP contribution in [0, 0.1) is 0 Å². The van der Waals surface area contributed by atoms with Crippen molar-refractivity contribution in [1.82, 2.24) is 19.6 Å². The maximum absolute atomic E-state index is 13.3. The first-order valence-electron chi connectivity index (χ1n) is 15.4. The van der Waals surface area contributed by atoms with Crippen molar-refractivity contribution < 1.29 is 28.5 Å². The predicted molar refractivity (Wildman–Crippen MR) is 163 cm³/mol. The lowest BCUT2D eigenvalue weighted by Gasteiger charge is -2.35. The van der Waals surface area contributed by atoms with Crippen molar-refractivity contribution in [2.45, 2.75) is 25.9 Å². The molecule has 0 N–H and O–H groups in total. The fourth-order valence-electron chi connectivity index (χ4n) is 6.36. The Balaban J connectivity index is 0.876. The van der Waals surface area contributed by atoms with E-state index in [0.29, 0.717) is 39.0 Å². The van der Waals surface area contributed by atoms with E-state index >= 15 is 0 Å². The topological polar surface area (TPSA) is 84.0 Å². The van der Waals surface area contributed by atoms with Crippen molar-refractivity contribution in [1.29, 1.82) is 0 Å². The second-order valence-electron chi connectivity index (χ2n) is 11.8. The molecule has 0 saturated carbocycles. The van der Waals surface area contributed by atoms with E-state index in [1.54, 1.807) is 0 Å². The molecule has 230 valence electrons. The standard InChI is InChI=1S/C34H38N4O6/c39-33(37-13-9-35(10-14-37)21-25-5-7-29-31(17-25)43-23-41-29)19-27-3-1-2-4-28(27)20-34(40)38-15-11-36(12-16-38)22-26-6-8-30-32(18-26)44-24-42-30/h1-8,17-18H,9-16,19-24H2. The minimum absolute atomic E-state index is 0.116. The van der Waals surface area contributed by atoms with Gasteiger partial charge in [0.15, 0.2) is 23.0 Å². The number of ether oxygens (including phenoxy) is 4. The van der Waals surface area contributed by atoms with Crippen molar-refractivity contribution in [2.75, 3.05) is 65.9 Å². The summed E-state index contributed by atoms with van der Waals surface area (Å²) in [4.78, 5) is 35.3. The smallest absolute Gasteiger partial charge is 0.231 e. The largest absolute Gasteiger partial charge is 0.454 e. The van der Waals surface area contributed by atoms with Crippen LogP contribution in [0.15, 0.2) is 60.7 Å². The summed E-state index contributed by atoms with van der Waals surface area (Å²) < 4.78 is 21.9. The highest BCUT2D eigenvalue weighted by atomic mass is 16.7. The molecule has 10 heteroatoms. The number of carbonyl (C=O) groups excluding carboxylic acids is 2. The second-order valence-corrected chi connectivity index (χ2v) is 11.8. The third-order valence-corrected chi connectivity index (χ3v) is 8.94. The molecule has 10 nitrogen and oxygen atoms in total. The SMILES string of the molecule is O=C(Cc1ccccc1CC(=O)N1CCN(Cc2ccc3c(c2)OCO3)CC1)N1CCN(Cc2ccc3c(c2)OCO3)CC1. The molecule has 0 aliphatic carbocycles. The van der Waals surface area contributed by atoms with E-state index in [1.165, 1.54) is 11.1 Å². The van der Waals surface area contributed by atoms with Crippen LogP contribution < -0.4 is 18.9 Å². The van der Waals surface area contributed by atoms with Crippen molar-refractivity contribution in [3.8, 4) is 23.0 Å². The van der Waals surface area contributed by atoms with Gasteiger partial charge in [0.1, 0.15) is 0 Å². The first-order chi connectivity index (χ1) is 21.6. The average molecular weight is 599 g/mol. The van der Waals surface area contributed by atoms with Crippen molar-refractivity contribution >= 4 is 11.8 Å². The lowest BCUT2D eigenvalue weighted by Crippen LogP contribution is -2.49. The summed E-state index contributed by atoms with van der Waals surface area (Å²) in [5.41, 5.74) is 4.24. The van der Waals surface area contributed by atoms with Gasteiger partial charge in [0.2, 0.25) is 25.4 Å². The Morgan fingerprint density at radius 3 is 1.36 bits per heavy atom. The summed E-state index contributed by atoms with van der Waals surface area (Å²) in [6.07, 6.45) is 0.629. The number of carbonyl (C=O) groups is 2. The second kappa shape index (κ2) is 12.8. The highest BCUT2D eigenvalue weighted by molar-refractivity contribution is 5.82. The quantitative estimate of drug-likeness (QED) is 0.392. The summed E-state index contributed by atoms with van der Waals surface area (Å²) >= 11 is 0. The van der Waals surface area contributed by atoms with E-state index in [1.807, 2.05) is 58.3 Å². The van der Waals surface area contributed by atoms with E-state index in [2.05, 4.69) is 21.9 Å². The zero-order valence-corrected chi connectivity index (χ0v) is 24.9. The van der Waals surface area contributed by atoms with Gasteiger partial charge in [0.05, 0.1) is 12.8 Å². The number of hydrogen-bond acceptors (Lipinski definition) is 8. The summed E-state index contributed by atoms with van der Waals surface area (Å²) in [6.45, 7) is 8.25. The molecule has 2 fully saturated rings. The van der Waals surface area contributed by atoms with Gasteiger partial charge in [0.25, 0.3) is 0 Å². The molecule has 2 saturated heterocycles. The van der Waals surface area contributed by atoms with Crippen LogP contribution in [0.1, 0.15) is 22.3 Å². The molecule has 3 aromatic carbocycles. The monoisotopic (exact) mass is 598 g/mol. The molecule has 0 aromatic heterocycles. The fraction of sp³-hybridized carbons (Fsp3) is 0.412. The number of rotatable bonds is 8. The molecule has 4 heterocycles. The number of piperazine rings is 2. The van der Waals surface area contributed by atoms with Crippen molar-refractivity contribution in [2.24, 2.45) is 0 Å². The van der Waals surface area contributed by atoms with Gasteiger partial charge in [-0.15, -0.1) is 0 Å². The minimum atomic E-state index is 0.116. The van der Waals surface area contributed by atoms with Crippen molar-refractivity contribution in [3.05, 3.63) is 82.9 Å². The van der Waals surface area contributed by atoms with E-state index in [9.17, 15) is 9.59 Å². The number of benzene rings is 3. The molecule has 0 bridgehead atoms. The number of nitrogens with zero attached hydrogens (tertiary/aromatic N) is 4. The zero-order chi connectivity index (χ0) is 29.9. The Bertz CT molecular complexity index is 1400. The Morgan fingerprint density at radius 2 is 0.932 bits per heavy atom. The molecule has 0 spiro atoms. The van der Waals surface area contributed by atoms with Gasteiger partial charge >= 0.3 is 0 Å². The molecule has 4 aliphatic heterocycles. The normalized spacial score (nSPS) is 18.1. The van der Waals surface area contributed by atoms with Crippen LogP contribution in [-0.4, -0.2) is 97.4 Å². The van der Waals surface area contributed by atoms with Crippen LogP contribution in [0.25, 0.3) is 0 Å². The van der Waals surface area contributed by atoms with E-state index in [0.717, 1.165) is 73.4 Å². The third kappa shape index (κ3) is 6.46. The summed E-state index contributed by atoms with van der Waals surface area (Å²) in [5, 5.41) is 0. The Labute approximate surface area is 257 Å². The Kier molecular flexibility index (Phi) is 8.26.